The van der Waals surface area contributed by atoms with E-state index in [1.54, 1.807) is 6.07 Å². The van der Waals surface area contributed by atoms with Crippen molar-refractivity contribution >= 4 is 40.7 Å². The number of benzene rings is 1. The fourth-order valence-electron chi connectivity index (χ4n) is 3.88. The second kappa shape index (κ2) is 11.7. The third-order valence-corrected chi connectivity index (χ3v) is 5.25. The number of carbonyl (C=O) groups excluding carboxylic acids is 4. The maximum absolute atomic E-state index is 12.2. The minimum atomic E-state index is -1.16. The van der Waals surface area contributed by atoms with Gasteiger partial charge in [-0.05, 0) is 18.2 Å². The molecule has 0 amide bonds. The molecule has 37 heavy (non-hydrogen) atoms. The SMILES string of the molecule is CC(=O)OC[C@H]1O[C@@H](Oc2cn(C(C)=O)c3ccc(OCC(=O)O)cc23)C[C@@H](OC(C)=O)[C@H]1OC(C)=O. The van der Waals surface area contributed by atoms with Crippen LogP contribution in [-0.4, -0.2) is 77.3 Å². The molecule has 2 aromatic rings. The molecule has 13 nitrogen and oxygen atoms in total. The number of aromatic nitrogens is 1. The first-order valence-corrected chi connectivity index (χ1v) is 11.2. The number of aliphatic carboxylic acids is 1. The zero-order valence-electron chi connectivity index (χ0n) is 20.6. The van der Waals surface area contributed by atoms with E-state index < -0.39 is 55.1 Å². The standard InChI is InChI=1S/C24H27NO12/c1-12(26)25-9-20(17-7-16(5-6-18(17)25)33-11-22(30)31)36-23-8-19(34-14(3)28)24(35-15(4)29)21(37-23)10-32-13(2)27/h5-7,9,19,21,23-24H,8,10-11H2,1-4H3,(H,30,31)/t19-,21-,23-,24-/m1/s1. The largest absolute Gasteiger partial charge is 0.482 e. The molecule has 1 aliphatic rings. The van der Waals surface area contributed by atoms with E-state index in [2.05, 4.69) is 0 Å². The van der Waals surface area contributed by atoms with E-state index in [1.165, 1.54) is 50.6 Å². The molecule has 3 rings (SSSR count). The molecule has 0 spiro atoms. The van der Waals surface area contributed by atoms with Crippen LogP contribution in [0.5, 0.6) is 11.5 Å². The van der Waals surface area contributed by atoms with E-state index in [1.807, 2.05) is 0 Å². The van der Waals surface area contributed by atoms with Gasteiger partial charge in [-0.3, -0.25) is 23.7 Å². The van der Waals surface area contributed by atoms with E-state index in [-0.39, 0.29) is 30.4 Å². The number of fused-ring (bicyclic) bond motifs is 1. The monoisotopic (exact) mass is 521 g/mol. The van der Waals surface area contributed by atoms with Crippen molar-refractivity contribution in [3.8, 4) is 11.5 Å². The van der Waals surface area contributed by atoms with Gasteiger partial charge in [-0.1, -0.05) is 0 Å². The Kier molecular flexibility index (Phi) is 8.71. The molecular weight excluding hydrogens is 494 g/mol. The van der Waals surface area contributed by atoms with Crippen LogP contribution < -0.4 is 9.47 Å². The molecule has 1 aromatic heterocycles. The van der Waals surface area contributed by atoms with Gasteiger partial charge in [0.15, 0.2) is 12.7 Å². The van der Waals surface area contributed by atoms with Crippen LogP contribution in [-0.2, 0) is 38.1 Å². The molecule has 4 atom stereocenters. The first-order valence-electron chi connectivity index (χ1n) is 11.2. The van der Waals surface area contributed by atoms with Gasteiger partial charge in [0, 0.05) is 33.1 Å². The van der Waals surface area contributed by atoms with Gasteiger partial charge in [-0.15, -0.1) is 0 Å². The van der Waals surface area contributed by atoms with Crippen molar-refractivity contribution < 1.29 is 57.5 Å². The van der Waals surface area contributed by atoms with Crippen molar-refractivity contribution in [1.29, 1.82) is 0 Å². The summed E-state index contributed by atoms with van der Waals surface area (Å²) in [6, 6.07) is 4.60. The van der Waals surface area contributed by atoms with Gasteiger partial charge in [0.25, 0.3) is 0 Å². The van der Waals surface area contributed by atoms with Crippen LogP contribution in [0.1, 0.15) is 38.9 Å². The Hall–Kier alpha value is -4.13. The fourth-order valence-corrected chi connectivity index (χ4v) is 3.88. The number of ether oxygens (including phenoxy) is 6. The third kappa shape index (κ3) is 7.19. The van der Waals surface area contributed by atoms with Gasteiger partial charge in [0.05, 0.1) is 18.1 Å². The first kappa shape index (κ1) is 27.5. The van der Waals surface area contributed by atoms with Crippen molar-refractivity contribution in [3.05, 3.63) is 24.4 Å². The summed E-state index contributed by atoms with van der Waals surface area (Å²) in [4.78, 5) is 57.9. The quantitative estimate of drug-likeness (QED) is 0.375. The molecule has 0 aliphatic carbocycles. The Morgan fingerprint density at radius 2 is 1.73 bits per heavy atom. The van der Waals surface area contributed by atoms with Crippen LogP contribution in [0.3, 0.4) is 0 Å². The molecule has 1 N–H and O–H groups in total. The third-order valence-electron chi connectivity index (χ3n) is 5.25. The van der Waals surface area contributed by atoms with Crippen molar-refractivity contribution in [3.63, 3.8) is 0 Å². The summed E-state index contributed by atoms with van der Waals surface area (Å²) in [6.07, 6.45) is -2.81. The lowest BCUT2D eigenvalue weighted by atomic mass is 10.0. The van der Waals surface area contributed by atoms with Crippen molar-refractivity contribution in [2.45, 2.75) is 58.7 Å². The van der Waals surface area contributed by atoms with Gasteiger partial charge >= 0.3 is 23.9 Å². The number of hydrogen-bond donors (Lipinski definition) is 1. The van der Waals surface area contributed by atoms with Crippen molar-refractivity contribution in [1.82, 2.24) is 4.57 Å². The number of hydrogen-bond acceptors (Lipinski definition) is 11. The summed E-state index contributed by atoms with van der Waals surface area (Å²) in [5, 5.41) is 9.31. The zero-order chi connectivity index (χ0) is 27.3. The predicted molar refractivity (Wildman–Crippen MR) is 123 cm³/mol. The smallest absolute Gasteiger partial charge is 0.341 e. The zero-order valence-corrected chi connectivity index (χ0v) is 20.6. The summed E-state index contributed by atoms with van der Waals surface area (Å²) in [5.41, 5.74) is 0.465. The molecule has 1 saturated heterocycles. The number of carbonyl (C=O) groups is 5. The Bertz CT molecular complexity index is 1200. The predicted octanol–water partition coefficient (Wildman–Crippen LogP) is 1.69. The molecular formula is C24H27NO12. The molecule has 1 aliphatic heterocycles. The van der Waals surface area contributed by atoms with E-state index >= 15 is 0 Å². The highest BCUT2D eigenvalue weighted by Crippen LogP contribution is 2.35. The molecule has 0 unspecified atom stereocenters. The Morgan fingerprint density at radius 3 is 2.32 bits per heavy atom. The second-order valence-corrected chi connectivity index (χ2v) is 8.23. The van der Waals surface area contributed by atoms with E-state index in [0.717, 1.165) is 0 Å². The molecule has 0 bridgehead atoms. The van der Waals surface area contributed by atoms with Crippen LogP contribution in [0.25, 0.3) is 10.9 Å². The fraction of sp³-hybridized carbons (Fsp3) is 0.458. The number of esters is 3. The van der Waals surface area contributed by atoms with Gasteiger partial charge in [0.1, 0.15) is 30.3 Å². The van der Waals surface area contributed by atoms with Gasteiger partial charge in [-0.2, -0.15) is 0 Å². The minimum Gasteiger partial charge on any atom is -0.482 e. The van der Waals surface area contributed by atoms with Crippen LogP contribution in [0.2, 0.25) is 0 Å². The van der Waals surface area contributed by atoms with Crippen molar-refractivity contribution in [2.24, 2.45) is 0 Å². The molecule has 1 fully saturated rings. The number of carboxylic acid groups (broad SMARTS) is 1. The summed E-state index contributed by atoms with van der Waals surface area (Å²) in [6.45, 7) is 4.04. The summed E-state index contributed by atoms with van der Waals surface area (Å²) < 4.78 is 34.3. The Balaban J connectivity index is 1.95. The Labute approximate surface area is 211 Å². The molecule has 1 aromatic carbocycles. The summed E-state index contributed by atoms with van der Waals surface area (Å²) >= 11 is 0. The highest BCUT2D eigenvalue weighted by Gasteiger charge is 2.44. The number of carboxylic acids is 1. The van der Waals surface area contributed by atoms with Crippen molar-refractivity contribution in [2.75, 3.05) is 13.2 Å². The first-order chi connectivity index (χ1) is 17.4. The van der Waals surface area contributed by atoms with E-state index in [0.29, 0.717) is 10.9 Å². The maximum Gasteiger partial charge on any atom is 0.341 e. The van der Waals surface area contributed by atoms with Gasteiger partial charge in [0.2, 0.25) is 12.2 Å². The number of rotatable bonds is 9. The van der Waals surface area contributed by atoms with Crippen LogP contribution in [0.15, 0.2) is 24.4 Å². The highest BCUT2D eigenvalue weighted by molar-refractivity contribution is 5.96. The summed E-state index contributed by atoms with van der Waals surface area (Å²) in [7, 11) is 0. The van der Waals surface area contributed by atoms with E-state index in [9.17, 15) is 24.0 Å². The highest BCUT2D eigenvalue weighted by atomic mass is 16.7. The molecule has 0 radical (unpaired) electrons. The van der Waals surface area contributed by atoms with Crippen LogP contribution in [0, 0.1) is 0 Å². The normalized spacial score (nSPS) is 21.1. The second-order valence-electron chi connectivity index (χ2n) is 8.23. The average molecular weight is 521 g/mol. The molecule has 0 saturated carbocycles. The van der Waals surface area contributed by atoms with Gasteiger partial charge < -0.3 is 33.5 Å². The van der Waals surface area contributed by atoms with E-state index in [4.69, 9.17) is 33.5 Å². The lowest BCUT2D eigenvalue weighted by Crippen LogP contribution is -2.54. The molecule has 2 heterocycles. The van der Waals surface area contributed by atoms with Gasteiger partial charge in [-0.25, -0.2) is 4.79 Å². The summed E-state index contributed by atoms with van der Waals surface area (Å²) in [5.74, 6) is -2.95. The lowest BCUT2D eigenvalue weighted by Gasteiger charge is -2.39. The Morgan fingerprint density at radius 1 is 1.03 bits per heavy atom. The molecule has 13 heteroatoms. The molecule has 200 valence electrons. The maximum atomic E-state index is 12.2. The van der Waals surface area contributed by atoms with Crippen LogP contribution >= 0.6 is 0 Å². The topological polar surface area (TPSA) is 166 Å². The lowest BCUT2D eigenvalue weighted by molar-refractivity contribution is -0.245. The minimum absolute atomic E-state index is 0.0595. The van der Waals surface area contributed by atoms with Crippen LogP contribution in [0.4, 0.5) is 0 Å². The average Bonchev–Trinajstić information content (AvgIpc) is 3.15. The number of nitrogens with zero attached hydrogens (tertiary/aromatic N) is 1.